The highest BCUT2D eigenvalue weighted by atomic mass is 32.2. The van der Waals surface area contributed by atoms with Gasteiger partial charge in [0.15, 0.2) is 9.84 Å². The molecule has 0 spiro atoms. The van der Waals surface area contributed by atoms with E-state index in [1.54, 1.807) is 24.4 Å². The van der Waals surface area contributed by atoms with E-state index in [4.69, 9.17) is 0 Å². The number of benzene rings is 1. The van der Waals surface area contributed by atoms with Gasteiger partial charge in [0.2, 0.25) is 0 Å². The van der Waals surface area contributed by atoms with Crippen LogP contribution in [0.5, 0.6) is 0 Å². The van der Waals surface area contributed by atoms with Crippen LogP contribution in [0.25, 0.3) is 0 Å². The van der Waals surface area contributed by atoms with E-state index in [-0.39, 0.29) is 0 Å². The molecule has 2 rings (SSSR count). The fraction of sp³-hybridized carbons (Fsp3) is 0.308. The molecule has 0 fully saturated rings. The van der Waals surface area contributed by atoms with E-state index in [0.717, 1.165) is 12.4 Å². The molecule has 1 heterocycles. The van der Waals surface area contributed by atoms with Gasteiger partial charge in [0, 0.05) is 25.2 Å². The number of nitrogens with one attached hydrogen (secondary N) is 1. The van der Waals surface area contributed by atoms with Crippen molar-refractivity contribution in [3.05, 3.63) is 42.5 Å². The summed E-state index contributed by atoms with van der Waals surface area (Å²) in [6.07, 6.45) is 4.85. The maximum Gasteiger partial charge on any atom is 0.177 e. The summed E-state index contributed by atoms with van der Waals surface area (Å²) in [5.74, 6) is 0.880. The van der Waals surface area contributed by atoms with E-state index < -0.39 is 9.84 Å². The molecule has 0 aliphatic rings. The van der Waals surface area contributed by atoms with Crippen LogP contribution in [0.1, 0.15) is 12.7 Å². The zero-order valence-electron chi connectivity index (χ0n) is 11.0. The Balaban J connectivity index is 2.21. The van der Waals surface area contributed by atoms with Crippen molar-refractivity contribution < 1.29 is 8.42 Å². The lowest BCUT2D eigenvalue weighted by atomic mass is 10.3. The molecule has 5 nitrogen and oxygen atoms in total. The third-order valence-corrected chi connectivity index (χ3v) is 4.02. The van der Waals surface area contributed by atoms with Gasteiger partial charge in [0.1, 0.15) is 5.82 Å². The lowest BCUT2D eigenvalue weighted by Crippen LogP contribution is -2.10. The summed E-state index contributed by atoms with van der Waals surface area (Å²) in [7, 11) is -3.23. The van der Waals surface area contributed by atoms with Crippen molar-refractivity contribution in [3.8, 4) is 0 Å². The number of hydrogen-bond donors (Lipinski definition) is 1. The number of anilines is 1. The molecule has 0 amide bonds. The summed E-state index contributed by atoms with van der Waals surface area (Å²) in [6.45, 7) is 3.37. The van der Waals surface area contributed by atoms with Crippen molar-refractivity contribution in [2.75, 3.05) is 11.6 Å². The van der Waals surface area contributed by atoms with Gasteiger partial charge < -0.3 is 9.88 Å². The molecule has 0 aliphatic carbocycles. The first-order valence-corrected chi connectivity index (χ1v) is 7.94. The highest BCUT2D eigenvalue weighted by Gasteiger charge is 2.12. The van der Waals surface area contributed by atoms with Gasteiger partial charge in [-0.05, 0) is 19.1 Å². The van der Waals surface area contributed by atoms with Crippen LogP contribution in [0, 0.1) is 0 Å². The number of hydrogen-bond acceptors (Lipinski definition) is 4. The predicted octanol–water partition coefficient (Wildman–Crippen LogP) is 1.92. The molecule has 1 N–H and O–H groups in total. The SMILES string of the molecule is CCn1ccnc1CNc1ccccc1S(C)(=O)=O. The number of rotatable bonds is 5. The van der Waals surface area contributed by atoms with Gasteiger partial charge >= 0.3 is 0 Å². The predicted molar refractivity (Wildman–Crippen MR) is 74.8 cm³/mol. The molecule has 6 heteroatoms. The molecule has 0 saturated carbocycles. The summed E-state index contributed by atoms with van der Waals surface area (Å²) >= 11 is 0. The van der Waals surface area contributed by atoms with Gasteiger partial charge in [-0.1, -0.05) is 12.1 Å². The molecule has 0 saturated heterocycles. The third-order valence-electron chi connectivity index (χ3n) is 2.87. The minimum absolute atomic E-state index is 0.310. The van der Waals surface area contributed by atoms with Gasteiger partial charge in [0.05, 0.1) is 17.1 Å². The fourth-order valence-corrected chi connectivity index (χ4v) is 2.77. The molecule has 0 unspecified atom stereocenters. The molecule has 2 aromatic rings. The molecule has 0 radical (unpaired) electrons. The summed E-state index contributed by atoms with van der Waals surface area (Å²) < 4.78 is 25.4. The molecule has 1 aromatic carbocycles. The first-order valence-electron chi connectivity index (χ1n) is 6.05. The molecule has 0 aliphatic heterocycles. The normalized spacial score (nSPS) is 11.5. The second-order valence-corrected chi connectivity index (χ2v) is 6.24. The molecular weight excluding hydrogens is 262 g/mol. The molecular formula is C13H17N3O2S. The standard InChI is InChI=1S/C13H17N3O2S/c1-3-16-9-8-14-13(16)10-15-11-6-4-5-7-12(11)19(2,17)18/h4-9,15H,3,10H2,1-2H3. The van der Waals surface area contributed by atoms with Crippen molar-refractivity contribution in [2.45, 2.75) is 24.9 Å². The Labute approximate surface area is 113 Å². The van der Waals surface area contributed by atoms with Gasteiger partial charge in [-0.25, -0.2) is 13.4 Å². The Hall–Kier alpha value is -1.82. The van der Waals surface area contributed by atoms with E-state index in [0.29, 0.717) is 17.1 Å². The molecule has 102 valence electrons. The van der Waals surface area contributed by atoms with Gasteiger partial charge in [-0.15, -0.1) is 0 Å². The van der Waals surface area contributed by atoms with Crippen LogP contribution in [0.4, 0.5) is 5.69 Å². The van der Waals surface area contributed by atoms with Gasteiger partial charge in [-0.2, -0.15) is 0 Å². The number of nitrogens with zero attached hydrogens (tertiary/aromatic N) is 2. The highest BCUT2D eigenvalue weighted by Crippen LogP contribution is 2.21. The molecule has 0 atom stereocenters. The highest BCUT2D eigenvalue weighted by molar-refractivity contribution is 7.90. The van der Waals surface area contributed by atoms with Crippen LogP contribution in [0.2, 0.25) is 0 Å². The van der Waals surface area contributed by atoms with Crippen LogP contribution in [-0.4, -0.2) is 24.2 Å². The minimum Gasteiger partial charge on any atom is -0.377 e. The van der Waals surface area contributed by atoms with Crippen molar-refractivity contribution in [2.24, 2.45) is 0 Å². The largest absolute Gasteiger partial charge is 0.377 e. The lowest BCUT2D eigenvalue weighted by Gasteiger charge is -2.11. The summed E-state index contributed by atoms with van der Waals surface area (Å²) in [4.78, 5) is 4.55. The minimum atomic E-state index is -3.23. The van der Waals surface area contributed by atoms with Crippen LogP contribution < -0.4 is 5.32 Å². The van der Waals surface area contributed by atoms with Crippen molar-refractivity contribution in [1.29, 1.82) is 0 Å². The Morgan fingerprint density at radius 2 is 2.05 bits per heavy atom. The quantitative estimate of drug-likeness (QED) is 0.908. The van der Waals surface area contributed by atoms with Crippen LogP contribution in [0.15, 0.2) is 41.6 Å². The summed E-state index contributed by atoms with van der Waals surface area (Å²) in [5, 5.41) is 3.13. The van der Waals surface area contributed by atoms with Crippen LogP contribution >= 0.6 is 0 Å². The zero-order chi connectivity index (χ0) is 13.9. The Morgan fingerprint density at radius 3 is 2.74 bits per heavy atom. The van der Waals surface area contributed by atoms with E-state index >= 15 is 0 Å². The molecule has 0 bridgehead atoms. The van der Waals surface area contributed by atoms with Crippen molar-refractivity contribution in [3.63, 3.8) is 0 Å². The van der Waals surface area contributed by atoms with Crippen LogP contribution in [-0.2, 0) is 22.9 Å². The van der Waals surface area contributed by atoms with E-state index in [9.17, 15) is 8.42 Å². The van der Waals surface area contributed by atoms with E-state index in [2.05, 4.69) is 10.3 Å². The summed E-state index contributed by atoms with van der Waals surface area (Å²) in [6, 6.07) is 6.89. The van der Waals surface area contributed by atoms with Crippen molar-refractivity contribution in [1.82, 2.24) is 9.55 Å². The lowest BCUT2D eigenvalue weighted by molar-refractivity contribution is 0.602. The number of aromatic nitrogens is 2. The fourth-order valence-electron chi connectivity index (χ4n) is 1.91. The Morgan fingerprint density at radius 1 is 1.32 bits per heavy atom. The smallest absolute Gasteiger partial charge is 0.177 e. The first-order chi connectivity index (χ1) is 9.02. The summed E-state index contributed by atoms with van der Waals surface area (Å²) in [5.41, 5.74) is 0.607. The maximum atomic E-state index is 11.7. The van der Waals surface area contributed by atoms with E-state index in [1.807, 2.05) is 23.8 Å². The van der Waals surface area contributed by atoms with Gasteiger partial charge in [-0.3, -0.25) is 0 Å². The monoisotopic (exact) mass is 279 g/mol. The second kappa shape index (κ2) is 5.44. The number of aryl methyl sites for hydroxylation is 1. The number of para-hydroxylation sites is 1. The Bertz CT molecular complexity index is 662. The average Bonchev–Trinajstić information content (AvgIpc) is 2.83. The Kier molecular flexibility index (Phi) is 3.90. The molecule has 19 heavy (non-hydrogen) atoms. The van der Waals surface area contributed by atoms with Crippen molar-refractivity contribution >= 4 is 15.5 Å². The van der Waals surface area contributed by atoms with Crippen LogP contribution in [0.3, 0.4) is 0 Å². The first kappa shape index (κ1) is 13.6. The van der Waals surface area contributed by atoms with Gasteiger partial charge in [0.25, 0.3) is 0 Å². The average molecular weight is 279 g/mol. The second-order valence-electron chi connectivity index (χ2n) is 4.25. The number of imidazole rings is 1. The zero-order valence-corrected chi connectivity index (χ0v) is 11.8. The van der Waals surface area contributed by atoms with E-state index in [1.165, 1.54) is 6.26 Å². The maximum absolute atomic E-state index is 11.7. The number of sulfone groups is 1. The molecule has 1 aromatic heterocycles. The topological polar surface area (TPSA) is 64.0 Å². The third kappa shape index (κ3) is 3.14.